The minimum atomic E-state index is 0.127. The normalized spacial score (nSPS) is 18.1. The number of aromatic nitrogens is 5. The molecule has 1 saturated heterocycles. The number of benzene rings is 1. The third-order valence-corrected chi connectivity index (χ3v) is 5.76. The van der Waals surface area contributed by atoms with Crippen molar-refractivity contribution in [2.24, 2.45) is 11.3 Å². The lowest BCUT2D eigenvalue weighted by molar-refractivity contribution is 0.0266. The van der Waals surface area contributed by atoms with E-state index in [1.807, 2.05) is 22.9 Å². The smallest absolute Gasteiger partial charge is 0.177 e. The Kier molecular flexibility index (Phi) is 3.58. The molecule has 1 aromatic carbocycles. The Morgan fingerprint density at radius 2 is 2.11 bits per heavy atom. The minimum Gasteiger partial charge on any atom is -0.507 e. The average molecular weight is 360 g/mol. The lowest BCUT2D eigenvalue weighted by Crippen LogP contribution is -2.60. The molecule has 1 saturated carbocycles. The van der Waals surface area contributed by atoms with E-state index in [1.165, 1.54) is 0 Å². The van der Waals surface area contributed by atoms with Crippen molar-refractivity contribution in [2.75, 3.05) is 13.1 Å². The van der Waals surface area contributed by atoms with Gasteiger partial charge in [0.2, 0.25) is 0 Å². The second kappa shape index (κ2) is 5.99. The first-order chi connectivity index (χ1) is 13.1. The molecule has 1 aliphatic heterocycles. The zero-order chi connectivity index (χ0) is 18.4. The summed E-state index contributed by atoms with van der Waals surface area (Å²) in [7, 11) is 0. The highest BCUT2D eigenvalue weighted by molar-refractivity contribution is 5.68. The first-order valence-corrected chi connectivity index (χ1v) is 9.05. The van der Waals surface area contributed by atoms with Crippen molar-refractivity contribution in [3.8, 4) is 22.7 Å². The largest absolute Gasteiger partial charge is 0.507 e. The van der Waals surface area contributed by atoms with Crippen LogP contribution in [0.2, 0.25) is 0 Å². The van der Waals surface area contributed by atoms with Crippen molar-refractivity contribution in [1.29, 1.82) is 0 Å². The summed E-state index contributed by atoms with van der Waals surface area (Å²) < 4.78 is 1.82. The first-order valence-electron chi connectivity index (χ1n) is 9.05. The average Bonchev–Trinajstić information content (AvgIpc) is 3.14. The molecule has 3 aromatic rings. The van der Waals surface area contributed by atoms with Gasteiger partial charge in [-0.25, -0.2) is 9.97 Å². The summed E-state index contributed by atoms with van der Waals surface area (Å²) in [4.78, 5) is 8.46. The van der Waals surface area contributed by atoms with Crippen molar-refractivity contribution in [1.82, 2.24) is 30.0 Å². The molecule has 0 radical (unpaired) electrons. The molecule has 2 N–H and O–H groups in total. The lowest BCUT2D eigenvalue weighted by Gasteiger charge is -2.54. The molecule has 0 unspecified atom stereocenters. The number of phenols is 1. The Hall–Kier alpha value is -3.06. The molecule has 2 aliphatic rings. The molecule has 2 fully saturated rings. The van der Waals surface area contributed by atoms with Gasteiger partial charge < -0.3 is 15.0 Å². The maximum atomic E-state index is 10.4. The minimum absolute atomic E-state index is 0.127. The SMILES string of the molecule is C=C(c1ncc(-c2ccc(-n3ccnc3)cc2O)nn1)C1CC2(CNC2)C1. The molecule has 5 rings (SSSR count). The fraction of sp³-hybridized carbons (Fsp3) is 0.300. The van der Waals surface area contributed by atoms with E-state index in [0.29, 0.717) is 28.4 Å². The van der Waals surface area contributed by atoms with Crippen LogP contribution in [0, 0.1) is 11.3 Å². The summed E-state index contributed by atoms with van der Waals surface area (Å²) in [6.45, 7) is 6.42. The standard InChI is InChI=1S/C20H20N6O/c1-13(14-7-20(8-14)10-22-11-20)19-23-9-17(24-25-19)16-3-2-15(6-18(16)27)26-5-4-21-12-26/h2-6,9,12,14,22,27H,1,7-8,10-11H2. The van der Waals surface area contributed by atoms with Crippen LogP contribution in [0.25, 0.3) is 22.5 Å². The van der Waals surface area contributed by atoms with Crippen molar-refractivity contribution in [3.63, 3.8) is 0 Å². The lowest BCUT2D eigenvalue weighted by atomic mass is 9.57. The molecule has 27 heavy (non-hydrogen) atoms. The van der Waals surface area contributed by atoms with E-state index in [2.05, 4.69) is 32.1 Å². The molecule has 2 aromatic heterocycles. The molecular weight excluding hydrogens is 340 g/mol. The van der Waals surface area contributed by atoms with Crippen LogP contribution >= 0.6 is 0 Å². The van der Waals surface area contributed by atoms with Crippen LogP contribution in [0.1, 0.15) is 18.7 Å². The van der Waals surface area contributed by atoms with E-state index in [0.717, 1.165) is 37.2 Å². The van der Waals surface area contributed by atoms with Gasteiger partial charge in [-0.2, -0.15) is 0 Å². The first kappa shape index (κ1) is 16.1. The molecule has 0 atom stereocenters. The zero-order valence-corrected chi connectivity index (χ0v) is 14.8. The van der Waals surface area contributed by atoms with E-state index in [4.69, 9.17) is 0 Å². The number of rotatable bonds is 4. The highest BCUT2D eigenvalue weighted by Crippen LogP contribution is 2.52. The van der Waals surface area contributed by atoms with Gasteiger partial charge >= 0.3 is 0 Å². The van der Waals surface area contributed by atoms with Crippen LogP contribution < -0.4 is 5.32 Å². The van der Waals surface area contributed by atoms with Crippen molar-refractivity contribution in [3.05, 3.63) is 55.5 Å². The molecule has 1 aliphatic carbocycles. The van der Waals surface area contributed by atoms with Gasteiger partial charge in [-0.15, -0.1) is 10.2 Å². The molecule has 0 bridgehead atoms. The van der Waals surface area contributed by atoms with Crippen LogP contribution in [-0.4, -0.2) is 42.9 Å². The van der Waals surface area contributed by atoms with Crippen LogP contribution in [-0.2, 0) is 0 Å². The molecule has 7 heteroatoms. The van der Waals surface area contributed by atoms with Gasteiger partial charge in [0.15, 0.2) is 5.82 Å². The summed E-state index contributed by atoms with van der Waals surface area (Å²) in [6, 6.07) is 5.38. The van der Waals surface area contributed by atoms with Gasteiger partial charge in [0.05, 0.1) is 18.2 Å². The zero-order valence-electron chi connectivity index (χ0n) is 14.8. The highest BCUT2D eigenvalue weighted by Gasteiger charge is 2.49. The van der Waals surface area contributed by atoms with Crippen LogP contribution in [0.4, 0.5) is 0 Å². The Labute approximate surface area is 156 Å². The number of nitrogens with one attached hydrogen (secondary N) is 1. The Balaban J connectivity index is 1.33. The number of allylic oxidation sites excluding steroid dienone is 1. The molecule has 1 spiro atoms. The van der Waals surface area contributed by atoms with E-state index in [-0.39, 0.29) is 5.75 Å². The van der Waals surface area contributed by atoms with E-state index >= 15 is 0 Å². The maximum Gasteiger partial charge on any atom is 0.177 e. The monoisotopic (exact) mass is 360 g/mol. The van der Waals surface area contributed by atoms with Gasteiger partial charge in [0, 0.05) is 37.1 Å². The second-order valence-corrected chi connectivity index (χ2v) is 7.57. The predicted molar refractivity (Wildman–Crippen MR) is 101 cm³/mol. The number of hydrogen-bond acceptors (Lipinski definition) is 6. The fourth-order valence-electron chi connectivity index (χ4n) is 4.04. The number of nitrogens with zero attached hydrogens (tertiary/aromatic N) is 5. The van der Waals surface area contributed by atoms with Crippen molar-refractivity contribution < 1.29 is 5.11 Å². The molecule has 136 valence electrons. The Bertz CT molecular complexity index is 984. The van der Waals surface area contributed by atoms with Gasteiger partial charge in [-0.3, -0.25) is 0 Å². The van der Waals surface area contributed by atoms with Crippen LogP contribution in [0.15, 0.2) is 49.7 Å². The summed E-state index contributed by atoms with van der Waals surface area (Å²) in [5.41, 5.74) is 3.41. The van der Waals surface area contributed by atoms with Crippen molar-refractivity contribution >= 4 is 5.57 Å². The van der Waals surface area contributed by atoms with Gasteiger partial charge in [0.25, 0.3) is 0 Å². The third kappa shape index (κ3) is 2.71. The number of hydrogen-bond donors (Lipinski definition) is 2. The van der Waals surface area contributed by atoms with Crippen LogP contribution in [0.5, 0.6) is 5.75 Å². The number of phenolic OH excluding ortho intramolecular Hbond substituents is 1. The molecular formula is C20H20N6O. The summed E-state index contributed by atoms with van der Waals surface area (Å²) >= 11 is 0. The second-order valence-electron chi connectivity index (χ2n) is 7.57. The highest BCUT2D eigenvalue weighted by atomic mass is 16.3. The van der Waals surface area contributed by atoms with Crippen LogP contribution in [0.3, 0.4) is 0 Å². The quantitative estimate of drug-likeness (QED) is 0.743. The van der Waals surface area contributed by atoms with Gasteiger partial charge in [-0.1, -0.05) is 6.58 Å². The van der Waals surface area contributed by atoms with E-state index in [9.17, 15) is 5.11 Å². The summed E-state index contributed by atoms with van der Waals surface area (Å²) in [5, 5.41) is 22.3. The van der Waals surface area contributed by atoms with E-state index < -0.39 is 0 Å². The van der Waals surface area contributed by atoms with E-state index in [1.54, 1.807) is 24.8 Å². The number of imidazole rings is 1. The third-order valence-electron chi connectivity index (χ3n) is 5.76. The van der Waals surface area contributed by atoms with Gasteiger partial charge in [0.1, 0.15) is 11.4 Å². The predicted octanol–water partition coefficient (Wildman–Crippen LogP) is 2.44. The number of aromatic hydroxyl groups is 1. The Morgan fingerprint density at radius 3 is 2.70 bits per heavy atom. The van der Waals surface area contributed by atoms with Gasteiger partial charge in [-0.05, 0) is 41.9 Å². The molecule has 3 heterocycles. The fourth-order valence-corrected chi connectivity index (χ4v) is 4.04. The maximum absolute atomic E-state index is 10.4. The topological polar surface area (TPSA) is 88.8 Å². The summed E-state index contributed by atoms with van der Waals surface area (Å²) in [5.74, 6) is 1.17. The van der Waals surface area contributed by atoms with Crippen molar-refractivity contribution in [2.45, 2.75) is 12.8 Å². The molecule has 7 nitrogen and oxygen atoms in total. The molecule has 0 amide bonds. The Morgan fingerprint density at radius 1 is 1.26 bits per heavy atom. The summed E-state index contributed by atoms with van der Waals surface area (Å²) in [6.07, 6.45) is 9.15.